The number of nitrogens with one attached hydrogen (secondary N) is 3. The first-order valence-electron chi connectivity index (χ1n) is 7.12. The molecule has 1 aromatic carbocycles. The Balaban J connectivity index is 1.87. The molecule has 0 aromatic heterocycles. The van der Waals surface area contributed by atoms with E-state index in [-0.39, 0.29) is 11.9 Å². The predicted octanol–water partition coefficient (Wildman–Crippen LogP) is 2.34. The molecule has 21 heavy (non-hydrogen) atoms. The molecular weight excluding hydrogens is 286 g/mol. The fourth-order valence-corrected chi connectivity index (χ4v) is 2.78. The zero-order valence-electron chi connectivity index (χ0n) is 12.1. The molecule has 1 saturated heterocycles. The molecule has 2 rings (SSSR count). The van der Waals surface area contributed by atoms with E-state index < -0.39 is 6.04 Å². The van der Waals surface area contributed by atoms with Crippen LogP contribution >= 0.6 is 11.8 Å². The van der Waals surface area contributed by atoms with Crippen molar-refractivity contribution in [1.82, 2.24) is 10.6 Å². The van der Waals surface area contributed by atoms with E-state index in [1.54, 1.807) is 11.8 Å². The summed E-state index contributed by atoms with van der Waals surface area (Å²) in [6, 6.07) is 6.95. The number of urea groups is 1. The molecule has 1 atom stereocenters. The van der Waals surface area contributed by atoms with Crippen molar-refractivity contribution in [1.29, 1.82) is 0 Å². The molecule has 3 amide bonds. The van der Waals surface area contributed by atoms with Crippen molar-refractivity contribution in [2.45, 2.75) is 31.1 Å². The second-order valence-electron chi connectivity index (χ2n) is 5.07. The van der Waals surface area contributed by atoms with Gasteiger partial charge in [0.05, 0.1) is 0 Å². The van der Waals surface area contributed by atoms with Crippen molar-refractivity contribution in [2.24, 2.45) is 0 Å². The zero-order chi connectivity index (χ0) is 15.1. The standard InChI is InChI=1S/C15H21N3O2S/c1-21-10-11-5-7-12(8-6-11)17-15(20)18-13-4-2-3-9-16-14(13)19/h5-8,13H,2-4,9-10H2,1H3,(H,16,19)(H2,17,18,20)/t13-/m0/s1. The van der Waals surface area contributed by atoms with E-state index >= 15 is 0 Å². The maximum Gasteiger partial charge on any atom is 0.319 e. The molecule has 0 aliphatic carbocycles. The van der Waals surface area contributed by atoms with Crippen molar-refractivity contribution in [3.8, 4) is 0 Å². The smallest absolute Gasteiger partial charge is 0.319 e. The average Bonchev–Trinajstić information content (AvgIpc) is 2.67. The van der Waals surface area contributed by atoms with Gasteiger partial charge in [-0.3, -0.25) is 4.79 Å². The van der Waals surface area contributed by atoms with Crippen LogP contribution in [0.15, 0.2) is 24.3 Å². The maximum atomic E-state index is 11.9. The van der Waals surface area contributed by atoms with E-state index in [4.69, 9.17) is 0 Å². The minimum atomic E-state index is -0.441. The summed E-state index contributed by atoms with van der Waals surface area (Å²) in [6.45, 7) is 0.690. The second-order valence-corrected chi connectivity index (χ2v) is 5.93. The molecule has 5 nitrogen and oxygen atoms in total. The number of anilines is 1. The fourth-order valence-electron chi connectivity index (χ4n) is 2.25. The predicted molar refractivity (Wildman–Crippen MR) is 86.5 cm³/mol. The van der Waals surface area contributed by atoms with Crippen molar-refractivity contribution < 1.29 is 9.59 Å². The molecular formula is C15H21N3O2S. The highest BCUT2D eigenvalue weighted by Gasteiger charge is 2.22. The second kappa shape index (κ2) is 7.93. The van der Waals surface area contributed by atoms with Gasteiger partial charge in [0.15, 0.2) is 0 Å². The van der Waals surface area contributed by atoms with Crippen LogP contribution in [0.2, 0.25) is 0 Å². The highest BCUT2D eigenvalue weighted by molar-refractivity contribution is 7.97. The van der Waals surface area contributed by atoms with Gasteiger partial charge in [0.1, 0.15) is 6.04 Å². The molecule has 1 fully saturated rings. The van der Waals surface area contributed by atoms with Gasteiger partial charge in [0.2, 0.25) is 5.91 Å². The third-order valence-corrected chi connectivity index (χ3v) is 3.99. The largest absolute Gasteiger partial charge is 0.354 e. The quantitative estimate of drug-likeness (QED) is 0.799. The highest BCUT2D eigenvalue weighted by Crippen LogP contribution is 2.14. The number of carbonyl (C=O) groups excluding carboxylic acids is 2. The van der Waals surface area contributed by atoms with Crippen molar-refractivity contribution >= 4 is 29.4 Å². The van der Waals surface area contributed by atoms with Crippen molar-refractivity contribution in [3.05, 3.63) is 29.8 Å². The topological polar surface area (TPSA) is 70.2 Å². The number of hydrogen-bond donors (Lipinski definition) is 3. The van der Waals surface area contributed by atoms with E-state index in [2.05, 4.69) is 22.2 Å². The van der Waals surface area contributed by atoms with E-state index in [1.807, 2.05) is 24.3 Å². The Bertz CT molecular complexity index is 490. The summed E-state index contributed by atoms with van der Waals surface area (Å²) >= 11 is 1.76. The van der Waals surface area contributed by atoms with Crippen LogP contribution in [0.5, 0.6) is 0 Å². The van der Waals surface area contributed by atoms with Gasteiger partial charge >= 0.3 is 6.03 Å². The van der Waals surface area contributed by atoms with Gasteiger partial charge in [-0.1, -0.05) is 12.1 Å². The van der Waals surface area contributed by atoms with Crippen LogP contribution in [0.4, 0.5) is 10.5 Å². The lowest BCUT2D eigenvalue weighted by molar-refractivity contribution is -0.122. The number of amides is 3. The Morgan fingerprint density at radius 1 is 1.33 bits per heavy atom. The molecule has 0 bridgehead atoms. The molecule has 114 valence electrons. The monoisotopic (exact) mass is 307 g/mol. The summed E-state index contributed by atoms with van der Waals surface area (Å²) < 4.78 is 0. The molecule has 1 aliphatic heterocycles. The number of hydrogen-bond acceptors (Lipinski definition) is 3. The number of thioether (sulfide) groups is 1. The van der Waals surface area contributed by atoms with Crippen molar-refractivity contribution in [2.75, 3.05) is 18.1 Å². The van der Waals surface area contributed by atoms with Gasteiger partial charge in [-0.25, -0.2) is 4.79 Å². The molecule has 0 unspecified atom stereocenters. The molecule has 1 aliphatic rings. The van der Waals surface area contributed by atoms with E-state index in [0.29, 0.717) is 13.0 Å². The Hall–Kier alpha value is -1.69. The number of benzene rings is 1. The van der Waals surface area contributed by atoms with Gasteiger partial charge < -0.3 is 16.0 Å². The third kappa shape index (κ3) is 4.97. The Morgan fingerprint density at radius 3 is 2.81 bits per heavy atom. The minimum Gasteiger partial charge on any atom is -0.354 e. The molecule has 0 radical (unpaired) electrons. The summed E-state index contributed by atoms with van der Waals surface area (Å²) in [7, 11) is 0. The van der Waals surface area contributed by atoms with Crippen LogP contribution in [-0.2, 0) is 10.5 Å². The van der Waals surface area contributed by atoms with Crippen LogP contribution in [-0.4, -0.2) is 30.8 Å². The van der Waals surface area contributed by atoms with E-state index in [0.717, 1.165) is 24.3 Å². The SMILES string of the molecule is CSCc1ccc(NC(=O)N[C@H]2CCCCNC2=O)cc1. The fraction of sp³-hybridized carbons (Fsp3) is 0.467. The Labute approximate surface area is 129 Å². The summed E-state index contributed by atoms with van der Waals surface area (Å²) in [6.07, 6.45) is 4.64. The molecule has 0 spiro atoms. The lowest BCUT2D eigenvalue weighted by Gasteiger charge is -2.15. The normalized spacial score (nSPS) is 18.5. The molecule has 1 heterocycles. The van der Waals surface area contributed by atoms with Crippen LogP contribution in [0.25, 0.3) is 0 Å². The van der Waals surface area contributed by atoms with E-state index in [1.165, 1.54) is 5.56 Å². The van der Waals surface area contributed by atoms with Crippen LogP contribution in [0.1, 0.15) is 24.8 Å². The number of carbonyl (C=O) groups is 2. The van der Waals surface area contributed by atoms with Gasteiger partial charge in [-0.15, -0.1) is 0 Å². The first kappa shape index (κ1) is 15.7. The lowest BCUT2D eigenvalue weighted by atomic mass is 10.1. The van der Waals surface area contributed by atoms with Crippen LogP contribution < -0.4 is 16.0 Å². The van der Waals surface area contributed by atoms with Crippen LogP contribution in [0.3, 0.4) is 0 Å². The molecule has 0 saturated carbocycles. The highest BCUT2D eigenvalue weighted by atomic mass is 32.2. The summed E-state index contributed by atoms with van der Waals surface area (Å²) in [5.41, 5.74) is 1.95. The van der Waals surface area contributed by atoms with E-state index in [9.17, 15) is 9.59 Å². The van der Waals surface area contributed by atoms with Crippen molar-refractivity contribution in [3.63, 3.8) is 0 Å². The maximum absolute atomic E-state index is 11.9. The van der Waals surface area contributed by atoms with Gasteiger partial charge in [-0.2, -0.15) is 11.8 Å². The molecule has 3 N–H and O–H groups in total. The van der Waals surface area contributed by atoms with Gasteiger partial charge in [0.25, 0.3) is 0 Å². The first-order chi connectivity index (χ1) is 10.2. The van der Waals surface area contributed by atoms with Crippen LogP contribution in [0, 0.1) is 0 Å². The van der Waals surface area contributed by atoms with Gasteiger partial charge in [-0.05, 0) is 43.2 Å². The molecule has 1 aromatic rings. The third-order valence-electron chi connectivity index (χ3n) is 3.36. The summed E-state index contributed by atoms with van der Waals surface area (Å²) in [5.74, 6) is 0.854. The molecule has 6 heteroatoms. The van der Waals surface area contributed by atoms with Gasteiger partial charge in [0, 0.05) is 18.0 Å². The Kier molecular flexibility index (Phi) is 5.92. The lowest BCUT2D eigenvalue weighted by Crippen LogP contribution is -2.46. The average molecular weight is 307 g/mol. The number of rotatable bonds is 4. The zero-order valence-corrected chi connectivity index (χ0v) is 13.0. The Morgan fingerprint density at radius 2 is 2.10 bits per heavy atom. The first-order valence-corrected chi connectivity index (χ1v) is 8.51. The summed E-state index contributed by atoms with van der Waals surface area (Å²) in [5, 5.41) is 8.29. The minimum absolute atomic E-state index is 0.0991. The summed E-state index contributed by atoms with van der Waals surface area (Å²) in [4.78, 5) is 23.7.